The predicted octanol–water partition coefficient (Wildman–Crippen LogP) is 2.75. The lowest BCUT2D eigenvalue weighted by molar-refractivity contribution is -0.647. The van der Waals surface area contributed by atoms with E-state index in [2.05, 4.69) is 19.3 Å². The number of rotatable bonds is 10. The van der Waals surface area contributed by atoms with Crippen molar-refractivity contribution in [1.82, 2.24) is 5.64 Å². The number of carbonyl (C=O) groups is 2. The minimum absolute atomic E-state index is 0.106. The third-order valence-electron chi connectivity index (χ3n) is 3.37. The molecule has 2 aromatic carbocycles. The van der Waals surface area contributed by atoms with Gasteiger partial charge in [-0.15, -0.1) is 4.28 Å². The molecule has 0 aliphatic heterocycles. The Labute approximate surface area is 242 Å². The van der Waals surface area contributed by atoms with E-state index in [1.54, 1.807) is 0 Å². The zero-order valence-electron chi connectivity index (χ0n) is 18.2. The fourth-order valence-electron chi connectivity index (χ4n) is 1.91. The molecule has 0 fully saturated rings. The molecule has 0 amide bonds. The largest absolute Gasteiger partial charge is 0.478 e. The van der Waals surface area contributed by atoms with Crippen molar-refractivity contribution >= 4 is 91.7 Å². The second kappa shape index (κ2) is 16.8. The van der Waals surface area contributed by atoms with Gasteiger partial charge in [-0.05, 0) is 40.0 Å². The number of hydrogen-bond donors (Lipinski definition) is 5. The number of carboxylic acid groups (broad SMARTS) is 2. The summed E-state index contributed by atoms with van der Waals surface area (Å²) in [7, 11) is 1.64. The third kappa shape index (κ3) is 13.4. The number of hydrogen-bond acceptors (Lipinski definition) is 15. The van der Waals surface area contributed by atoms with Gasteiger partial charge in [0, 0.05) is 27.4 Å². The Morgan fingerprint density at radius 2 is 1.45 bits per heavy atom. The molecule has 2 aromatic rings. The van der Waals surface area contributed by atoms with Crippen LogP contribution in [0.4, 0.5) is 5.69 Å². The van der Waals surface area contributed by atoms with Crippen molar-refractivity contribution in [3.8, 4) is 0 Å². The van der Waals surface area contributed by atoms with E-state index in [1.807, 2.05) is 0 Å². The molecule has 0 heterocycles. The van der Waals surface area contributed by atoms with Gasteiger partial charge in [-0.2, -0.15) is 4.21 Å². The summed E-state index contributed by atoms with van der Waals surface area (Å²) in [5.41, 5.74) is -0.297. The maximum atomic E-state index is 11.1. The number of nitrogens with one attached hydrogen (secondary N) is 1. The molecule has 0 spiro atoms. The van der Waals surface area contributed by atoms with E-state index in [4.69, 9.17) is 64.6 Å². The molecule has 26 heteroatoms. The number of nitrogens with zero attached hydrogens (tertiary/aromatic N) is 1. The van der Waals surface area contributed by atoms with Crippen LogP contribution in [0.2, 0.25) is 10.0 Å². The van der Waals surface area contributed by atoms with Crippen molar-refractivity contribution in [2.45, 2.75) is 9.79 Å². The van der Waals surface area contributed by atoms with Gasteiger partial charge in [-0.25, -0.2) is 31.7 Å². The highest BCUT2D eigenvalue weighted by atomic mass is 35.7. The number of aromatic carboxylic acids is 2. The Balaban J connectivity index is 0.000000599. The average molecular weight is 716 g/mol. The topological polar surface area (TPSA) is 292 Å². The van der Waals surface area contributed by atoms with Crippen LogP contribution in [-0.4, -0.2) is 57.9 Å². The minimum Gasteiger partial charge on any atom is -0.478 e. The Morgan fingerprint density at radius 3 is 1.85 bits per heavy atom. The third-order valence-corrected chi connectivity index (χ3v) is 7.24. The fraction of sp³-hybridized carbons (Fsp3) is 0. The monoisotopic (exact) mass is 714 g/mol. The lowest BCUT2D eigenvalue weighted by Gasteiger charge is -2.03. The van der Waals surface area contributed by atoms with E-state index in [9.17, 15) is 40.7 Å². The molecular weight excluding hydrogens is 706 g/mol. The number of nitro benzene ring substituents is 1. The maximum Gasteiger partial charge on any atom is 0.335 e. The summed E-state index contributed by atoms with van der Waals surface area (Å²) >= 11 is 8.47. The number of nitro groups is 1. The molecule has 0 saturated heterocycles. The summed E-state index contributed by atoms with van der Waals surface area (Å²) in [5, 5.41) is 40.5. The molecule has 0 bridgehead atoms. The van der Waals surface area contributed by atoms with E-state index in [0.717, 1.165) is 6.07 Å². The highest BCUT2D eigenvalue weighted by molar-refractivity contribution is 8.14. The van der Waals surface area contributed by atoms with Gasteiger partial charge in [-0.1, -0.05) is 28.2 Å². The quantitative estimate of drug-likeness (QED) is 0.0589. The molecule has 0 aliphatic carbocycles. The molecule has 1 atom stereocenters. The van der Waals surface area contributed by atoms with Crippen molar-refractivity contribution in [3.63, 3.8) is 0 Å². The van der Waals surface area contributed by atoms with Crippen molar-refractivity contribution in [2.75, 3.05) is 0 Å². The average Bonchev–Trinajstić information content (AvgIpc) is 2.81. The van der Waals surface area contributed by atoms with Crippen molar-refractivity contribution < 1.29 is 74.9 Å². The Kier molecular flexibility index (Phi) is 15.9. The predicted molar refractivity (Wildman–Crippen MR) is 130 cm³/mol. The van der Waals surface area contributed by atoms with Crippen molar-refractivity contribution in [2.24, 2.45) is 0 Å². The first-order valence-corrected chi connectivity index (χ1v) is 14.9. The summed E-state index contributed by atoms with van der Waals surface area (Å²) in [4.78, 5) is 33.0. The SMILES string of the molecule is O=C(O)c1cc([N+](=O)[O-])c(Cl)c(S(=O)(=O)Cl)c1.O=C(O)c1ccc(Cl)c(S(=O)(=O)Cl)c1.O=S(O)ONOOOO. The van der Waals surface area contributed by atoms with Crippen LogP contribution in [-0.2, 0) is 48.8 Å². The smallest absolute Gasteiger partial charge is 0.335 e. The molecule has 0 aromatic heterocycles. The van der Waals surface area contributed by atoms with Gasteiger partial charge in [0.05, 0.1) is 21.1 Å². The minimum atomic E-state index is -4.37. The molecule has 1 unspecified atom stereocenters. The van der Waals surface area contributed by atoms with E-state index in [1.165, 1.54) is 17.8 Å². The Hall–Kier alpha value is -2.29. The van der Waals surface area contributed by atoms with Crippen molar-refractivity contribution in [1.29, 1.82) is 0 Å². The first-order valence-electron chi connectivity index (χ1n) is 8.54. The molecule has 40 heavy (non-hydrogen) atoms. The van der Waals surface area contributed by atoms with Crippen molar-refractivity contribution in [3.05, 3.63) is 61.6 Å². The lowest BCUT2D eigenvalue weighted by Crippen LogP contribution is -2.16. The van der Waals surface area contributed by atoms with Crippen LogP contribution in [0.1, 0.15) is 20.7 Å². The van der Waals surface area contributed by atoms with E-state index in [0.29, 0.717) is 12.1 Å². The molecule has 19 nitrogen and oxygen atoms in total. The summed E-state index contributed by atoms with van der Waals surface area (Å²) in [6.07, 6.45) is 0. The van der Waals surface area contributed by atoms with Crippen LogP contribution >= 0.6 is 44.6 Å². The molecule has 2 rings (SSSR count). The van der Waals surface area contributed by atoms with Gasteiger partial charge in [0.2, 0.25) is 0 Å². The second-order valence-corrected chi connectivity index (χ2v) is 12.3. The fourth-order valence-corrected chi connectivity index (χ4v) is 5.04. The van der Waals surface area contributed by atoms with Crippen LogP contribution in [0, 0.1) is 10.1 Å². The number of halogens is 4. The van der Waals surface area contributed by atoms with E-state index < -0.39 is 72.4 Å². The zero-order chi connectivity index (χ0) is 31.4. The summed E-state index contributed by atoms with van der Waals surface area (Å²) in [6.45, 7) is 0. The van der Waals surface area contributed by atoms with Gasteiger partial charge < -0.3 is 10.2 Å². The van der Waals surface area contributed by atoms with Crippen LogP contribution < -0.4 is 5.64 Å². The van der Waals surface area contributed by atoms with Crippen LogP contribution in [0.3, 0.4) is 0 Å². The van der Waals surface area contributed by atoms with Gasteiger partial charge in [0.25, 0.3) is 23.8 Å². The van der Waals surface area contributed by atoms with Gasteiger partial charge in [0.1, 0.15) is 14.8 Å². The second-order valence-electron chi connectivity index (χ2n) is 5.81. The number of benzene rings is 2. The summed E-state index contributed by atoms with van der Waals surface area (Å²) in [5.74, 6) is -2.78. The highest BCUT2D eigenvalue weighted by Crippen LogP contribution is 2.34. The Morgan fingerprint density at radius 1 is 0.950 bits per heavy atom. The molecule has 0 saturated carbocycles. The molecular formula is C14H10Cl4N2O17S3. The standard InChI is InChI=1S/C7H3Cl2NO6S.C7H4Cl2O4S.H3NO7S/c8-6-4(10(13)14)1-3(7(11)12)2-5(6)17(9,15)16;8-5-2-1-4(7(10)11)3-6(5)14(9,12)13;2-7-8-5-1-6-9(3)4/h1-2H,(H,11,12);1-3H,(H,10,11);1-2H,(H,3,4). The molecule has 5 N–H and O–H groups in total. The normalized spacial score (nSPS) is 11.8. The molecule has 224 valence electrons. The van der Waals surface area contributed by atoms with Crippen LogP contribution in [0.15, 0.2) is 40.1 Å². The molecule has 0 aliphatic rings. The van der Waals surface area contributed by atoms with Gasteiger partial charge in [-0.3, -0.25) is 14.7 Å². The van der Waals surface area contributed by atoms with Gasteiger partial charge >= 0.3 is 23.3 Å². The Bertz CT molecular complexity index is 1490. The lowest BCUT2D eigenvalue weighted by atomic mass is 10.2. The van der Waals surface area contributed by atoms with Crippen LogP contribution in [0.25, 0.3) is 0 Å². The van der Waals surface area contributed by atoms with E-state index >= 15 is 0 Å². The van der Waals surface area contributed by atoms with E-state index in [-0.39, 0.29) is 10.6 Å². The number of carboxylic acids is 2. The first kappa shape index (κ1) is 37.7. The van der Waals surface area contributed by atoms with Gasteiger partial charge in [0.15, 0.2) is 0 Å². The zero-order valence-corrected chi connectivity index (χ0v) is 23.6. The summed E-state index contributed by atoms with van der Waals surface area (Å²) < 4.78 is 64.9. The molecule has 0 radical (unpaired) electrons. The summed E-state index contributed by atoms with van der Waals surface area (Å²) in [6, 6.07) is 4.57. The highest BCUT2D eigenvalue weighted by Gasteiger charge is 2.26. The van der Waals surface area contributed by atoms with Crippen LogP contribution in [0.5, 0.6) is 0 Å². The maximum absolute atomic E-state index is 11.1. The first-order chi connectivity index (χ1) is 18.2.